The molecule has 36 heavy (non-hydrogen) atoms. The van der Waals surface area contributed by atoms with Crippen molar-refractivity contribution in [2.45, 2.75) is 12.5 Å². The molecule has 196 valence electrons. The van der Waals surface area contributed by atoms with Gasteiger partial charge in [0.25, 0.3) is 16.0 Å². The van der Waals surface area contributed by atoms with Crippen LogP contribution in [-0.2, 0) is 14.9 Å². The molecule has 1 unspecified atom stereocenters. The number of rotatable bonds is 7. The fourth-order valence-corrected chi connectivity index (χ4v) is 5.83. The van der Waals surface area contributed by atoms with Crippen LogP contribution in [0.3, 0.4) is 0 Å². The Bertz CT molecular complexity index is 1190. The molecule has 3 N–H and O–H groups in total. The van der Waals surface area contributed by atoms with Crippen LogP contribution in [0.1, 0.15) is 6.42 Å². The number of benzene rings is 1. The molecule has 9 nitrogen and oxygen atoms in total. The summed E-state index contributed by atoms with van der Waals surface area (Å²) in [6.07, 6.45) is 7.54. The number of para-hydroxylation sites is 1. The predicted octanol–water partition coefficient (Wildman–Crippen LogP) is 1.88. The van der Waals surface area contributed by atoms with Gasteiger partial charge < -0.3 is 20.4 Å². The fraction of sp³-hybridized carbons (Fsp3) is 0.375. The molecule has 0 aromatic heterocycles. The van der Waals surface area contributed by atoms with Crippen LogP contribution in [0.4, 0.5) is 5.69 Å². The standard InChI is InChI=1S/C24H29N5O4S.2ClH/c30-24(25-10-5-11-27-12-14-28(15-13-27)18-6-2-1-3-7-18)20-16-19-17-26-22-9-4-8-21(29(19)22)23(20)34(31,32)33;;/h1-4,6-9,16,19,26H,5,10-15,17H2,(H,25,30)(H,31,32,33);2*1H. The largest absolute Gasteiger partial charge is 0.369 e. The average molecular weight is 557 g/mol. The van der Waals surface area contributed by atoms with Crippen molar-refractivity contribution >= 4 is 46.5 Å². The first-order valence-corrected chi connectivity index (χ1v) is 13.0. The number of allylic oxidation sites excluding steroid dienone is 3. The summed E-state index contributed by atoms with van der Waals surface area (Å²) in [6.45, 7) is 5.68. The minimum Gasteiger partial charge on any atom is -0.369 e. The van der Waals surface area contributed by atoms with E-state index in [4.69, 9.17) is 0 Å². The third-order valence-corrected chi connectivity index (χ3v) is 7.57. The zero-order valence-electron chi connectivity index (χ0n) is 19.7. The lowest BCUT2D eigenvalue weighted by Gasteiger charge is -2.36. The van der Waals surface area contributed by atoms with E-state index in [0.717, 1.165) is 45.0 Å². The van der Waals surface area contributed by atoms with Crippen LogP contribution in [0.5, 0.6) is 0 Å². The van der Waals surface area contributed by atoms with Crippen molar-refractivity contribution in [1.29, 1.82) is 0 Å². The summed E-state index contributed by atoms with van der Waals surface area (Å²) in [5, 5.41) is 6.05. The lowest BCUT2D eigenvalue weighted by Crippen LogP contribution is -2.47. The molecule has 4 aliphatic rings. The van der Waals surface area contributed by atoms with Gasteiger partial charge in [-0.2, -0.15) is 8.42 Å². The number of piperazine rings is 1. The Hall–Kier alpha value is -2.50. The second-order valence-electron chi connectivity index (χ2n) is 8.77. The number of hydrogen-bond acceptors (Lipinski definition) is 7. The zero-order chi connectivity index (χ0) is 23.7. The second-order valence-corrected chi connectivity index (χ2v) is 10.1. The summed E-state index contributed by atoms with van der Waals surface area (Å²) >= 11 is 0. The molecule has 2 saturated heterocycles. The highest BCUT2D eigenvalue weighted by atomic mass is 35.5. The van der Waals surface area contributed by atoms with E-state index in [2.05, 4.69) is 44.7 Å². The van der Waals surface area contributed by atoms with Crippen molar-refractivity contribution in [3.8, 4) is 0 Å². The highest BCUT2D eigenvalue weighted by Crippen LogP contribution is 2.37. The number of anilines is 1. The number of nitrogens with one attached hydrogen (secondary N) is 2. The number of amides is 1. The molecule has 0 bridgehead atoms. The van der Waals surface area contributed by atoms with Gasteiger partial charge in [-0.1, -0.05) is 24.3 Å². The zero-order valence-corrected chi connectivity index (χ0v) is 22.1. The van der Waals surface area contributed by atoms with E-state index in [0.29, 0.717) is 18.8 Å². The van der Waals surface area contributed by atoms with E-state index in [9.17, 15) is 17.8 Å². The van der Waals surface area contributed by atoms with Crippen molar-refractivity contribution in [2.24, 2.45) is 0 Å². The maximum absolute atomic E-state index is 13.0. The lowest BCUT2D eigenvalue weighted by molar-refractivity contribution is -0.117. The molecule has 4 heterocycles. The molecule has 0 aliphatic carbocycles. The van der Waals surface area contributed by atoms with E-state index < -0.39 is 16.0 Å². The summed E-state index contributed by atoms with van der Waals surface area (Å²) in [4.78, 5) is 19.2. The highest BCUT2D eigenvalue weighted by molar-refractivity contribution is 7.90. The van der Waals surface area contributed by atoms with E-state index in [1.54, 1.807) is 23.1 Å². The Labute approximate surface area is 224 Å². The van der Waals surface area contributed by atoms with Crippen LogP contribution in [0.2, 0.25) is 0 Å². The summed E-state index contributed by atoms with van der Waals surface area (Å²) in [6, 6.07) is 10.2. The first-order valence-electron chi connectivity index (χ1n) is 11.6. The van der Waals surface area contributed by atoms with Crippen LogP contribution in [0.25, 0.3) is 0 Å². The summed E-state index contributed by atoms with van der Waals surface area (Å²) < 4.78 is 34.4. The third-order valence-electron chi connectivity index (χ3n) is 6.62. The van der Waals surface area contributed by atoms with E-state index in [1.807, 2.05) is 12.1 Å². The second kappa shape index (κ2) is 11.7. The molecule has 4 aliphatic heterocycles. The molecule has 0 saturated carbocycles. The van der Waals surface area contributed by atoms with Gasteiger partial charge >= 0.3 is 0 Å². The van der Waals surface area contributed by atoms with Crippen molar-refractivity contribution in [3.63, 3.8) is 0 Å². The topological polar surface area (TPSA) is 105 Å². The minimum atomic E-state index is -4.60. The van der Waals surface area contributed by atoms with Crippen LogP contribution < -0.4 is 15.5 Å². The van der Waals surface area contributed by atoms with Crippen LogP contribution in [0, 0.1) is 0 Å². The molecule has 5 rings (SSSR count). The monoisotopic (exact) mass is 555 g/mol. The van der Waals surface area contributed by atoms with Gasteiger partial charge in [0, 0.05) is 45.0 Å². The molecule has 1 amide bonds. The van der Waals surface area contributed by atoms with Crippen LogP contribution in [-0.4, -0.2) is 80.5 Å². The normalized spacial score (nSPS) is 21.0. The van der Waals surface area contributed by atoms with Crippen molar-refractivity contribution in [2.75, 3.05) is 50.7 Å². The van der Waals surface area contributed by atoms with Gasteiger partial charge in [0.15, 0.2) is 0 Å². The van der Waals surface area contributed by atoms with E-state index in [-0.39, 0.29) is 41.3 Å². The fourth-order valence-electron chi connectivity index (χ4n) is 4.97. The van der Waals surface area contributed by atoms with E-state index >= 15 is 0 Å². The van der Waals surface area contributed by atoms with Gasteiger partial charge in [0.1, 0.15) is 10.7 Å². The molecule has 12 heteroatoms. The Kier molecular flexibility index (Phi) is 9.13. The highest BCUT2D eigenvalue weighted by Gasteiger charge is 2.41. The van der Waals surface area contributed by atoms with Crippen molar-refractivity contribution < 1.29 is 17.8 Å². The van der Waals surface area contributed by atoms with Gasteiger partial charge in [0.05, 0.1) is 17.3 Å². The summed E-state index contributed by atoms with van der Waals surface area (Å²) in [7, 11) is -4.60. The predicted molar refractivity (Wildman–Crippen MR) is 145 cm³/mol. The number of carbonyl (C=O) groups excluding carboxylic acids is 1. The Morgan fingerprint density at radius 1 is 1.11 bits per heavy atom. The Balaban J connectivity index is 0.00000180. The van der Waals surface area contributed by atoms with Crippen molar-refractivity contribution in [3.05, 3.63) is 76.6 Å². The number of hydrogen-bond donors (Lipinski definition) is 3. The summed E-state index contributed by atoms with van der Waals surface area (Å²) in [5.41, 5.74) is 1.56. The van der Waals surface area contributed by atoms with Gasteiger partial charge in [-0.25, -0.2) is 0 Å². The maximum atomic E-state index is 13.0. The average Bonchev–Trinajstić information content (AvgIpc) is 3.26. The van der Waals surface area contributed by atoms with Gasteiger partial charge in [0.2, 0.25) is 0 Å². The van der Waals surface area contributed by atoms with Gasteiger partial charge in [-0.3, -0.25) is 14.2 Å². The Morgan fingerprint density at radius 2 is 1.83 bits per heavy atom. The lowest BCUT2D eigenvalue weighted by atomic mass is 10.0. The van der Waals surface area contributed by atoms with Gasteiger partial charge in [-0.05, 0) is 43.3 Å². The van der Waals surface area contributed by atoms with Crippen LogP contribution >= 0.6 is 24.8 Å². The first kappa shape index (κ1) is 28.1. The molecular weight excluding hydrogens is 525 g/mol. The Morgan fingerprint density at radius 3 is 2.53 bits per heavy atom. The molecule has 0 radical (unpaired) electrons. The maximum Gasteiger partial charge on any atom is 0.297 e. The number of carbonyl (C=O) groups is 1. The molecule has 1 atom stereocenters. The third kappa shape index (κ3) is 5.73. The molecule has 2 fully saturated rings. The van der Waals surface area contributed by atoms with Crippen molar-refractivity contribution in [1.82, 2.24) is 20.4 Å². The number of nitrogens with zero attached hydrogens (tertiary/aromatic N) is 3. The van der Waals surface area contributed by atoms with E-state index in [1.165, 1.54) is 5.69 Å². The smallest absolute Gasteiger partial charge is 0.297 e. The SMILES string of the molecule is Cl.Cl.O=C(NCCCN1CCN(c2ccccc2)CC1)C1=CC2CNC3=CC=CC(=C1S(=O)(=O)O)N32. The number of halogens is 2. The molecule has 1 aromatic rings. The minimum absolute atomic E-state index is 0. The summed E-state index contributed by atoms with van der Waals surface area (Å²) in [5.74, 6) is 0.275. The first-order chi connectivity index (χ1) is 16.4. The van der Waals surface area contributed by atoms with Gasteiger partial charge in [-0.15, -0.1) is 24.8 Å². The molecule has 1 aromatic carbocycles. The quantitative estimate of drug-likeness (QED) is 0.346. The molecular formula is C24H31Cl2N5O4S. The molecule has 0 spiro atoms. The van der Waals surface area contributed by atoms with Crippen LogP contribution in [0.15, 0.2) is 76.6 Å².